The Kier molecular flexibility index (Phi) is 7.06. The third kappa shape index (κ3) is 5.35. The molecule has 0 aliphatic carbocycles. The molecule has 2 aromatic rings. The Bertz CT molecular complexity index is 866. The van der Waals surface area contributed by atoms with Gasteiger partial charge in [0.05, 0.1) is 12.0 Å². The zero-order chi connectivity index (χ0) is 18.6. The summed E-state index contributed by atoms with van der Waals surface area (Å²) in [7, 11) is -2.19. The van der Waals surface area contributed by atoms with Crippen molar-refractivity contribution >= 4 is 34.0 Å². The largest absolute Gasteiger partial charge is 0.497 e. The third-order valence-electron chi connectivity index (χ3n) is 4.19. The number of amides is 1. The number of carbonyl (C=O) groups excluding carboxylic acids is 1. The van der Waals surface area contributed by atoms with Gasteiger partial charge in [-0.15, -0.1) is 12.4 Å². The molecule has 0 aromatic heterocycles. The van der Waals surface area contributed by atoms with Crippen molar-refractivity contribution in [3.05, 3.63) is 54.1 Å². The molecule has 1 aliphatic rings. The standard InChI is InChI=1S/C18H21N3O4S.ClH/c1-25-16-6-4-15(5-7-16)21-26(23,24)17-8-2-14(3-9-17)18(22)20-12-13-10-19-11-13;/h2-9,13,19,21H,10-12H2,1H3,(H,20,22);1H. The normalized spacial score (nSPS) is 13.8. The van der Waals surface area contributed by atoms with Gasteiger partial charge in [0.2, 0.25) is 0 Å². The Balaban J connectivity index is 0.00000261. The summed E-state index contributed by atoms with van der Waals surface area (Å²) in [5.41, 5.74) is 0.863. The Labute approximate surface area is 165 Å². The molecule has 0 radical (unpaired) electrons. The van der Waals surface area contributed by atoms with E-state index in [4.69, 9.17) is 4.74 Å². The molecule has 0 spiro atoms. The van der Waals surface area contributed by atoms with Crippen molar-refractivity contribution in [3.63, 3.8) is 0 Å². The second-order valence-electron chi connectivity index (χ2n) is 6.09. The number of halogens is 1. The molecule has 3 rings (SSSR count). The summed E-state index contributed by atoms with van der Waals surface area (Å²) in [4.78, 5) is 12.2. The highest BCUT2D eigenvalue weighted by Crippen LogP contribution is 2.19. The van der Waals surface area contributed by atoms with Crippen molar-refractivity contribution in [2.75, 3.05) is 31.5 Å². The lowest BCUT2D eigenvalue weighted by atomic mass is 10.0. The molecular weight excluding hydrogens is 390 g/mol. The maximum atomic E-state index is 12.4. The van der Waals surface area contributed by atoms with Gasteiger partial charge in [0.1, 0.15) is 5.75 Å². The predicted molar refractivity (Wildman–Crippen MR) is 106 cm³/mol. The van der Waals surface area contributed by atoms with Crippen molar-refractivity contribution in [2.24, 2.45) is 5.92 Å². The van der Waals surface area contributed by atoms with Crippen LogP contribution in [0.1, 0.15) is 10.4 Å². The van der Waals surface area contributed by atoms with Gasteiger partial charge in [0.25, 0.3) is 15.9 Å². The average Bonchev–Trinajstić information content (AvgIpc) is 2.61. The minimum Gasteiger partial charge on any atom is -0.497 e. The third-order valence-corrected chi connectivity index (χ3v) is 5.58. The Hall–Kier alpha value is -2.29. The fraction of sp³-hybridized carbons (Fsp3) is 0.278. The van der Waals surface area contributed by atoms with E-state index in [9.17, 15) is 13.2 Å². The topological polar surface area (TPSA) is 96.5 Å². The van der Waals surface area contributed by atoms with E-state index in [1.54, 1.807) is 31.4 Å². The fourth-order valence-electron chi connectivity index (χ4n) is 2.49. The summed E-state index contributed by atoms with van der Waals surface area (Å²) >= 11 is 0. The van der Waals surface area contributed by atoms with Crippen LogP contribution < -0.4 is 20.1 Å². The number of anilines is 1. The van der Waals surface area contributed by atoms with Crippen LogP contribution in [0.4, 0.5) is 5.69 Å². The molecule has 27 heavy (non-hydrogen) atoms. The maximum absolute atomic E-state index is 12.4. The molecular formula is C18H22ClN3O4S. The molecule has 0 unspecified atom stereocenters. The quantitative estimate of drug-likeness (QED) is 0.646. The summed E-state index contributed by atoms with van der Waals surface area (Å²) in [6.07, 6.45) is 0. The molecule has 2 aromatic carbocycles. The second-order valence-corrected chi connectivity index (χ2v) is 7.78. The van der Waals surface area contributed by atoms with Gasteiger partial charge in [-0.2, -0.15) is 0 Å². The fourth-order valence-corrected chi connectivity index (χ4v) is 3.55. The predicted octanol–water partition coefficient (Wildman–Crippen LogP) is 1.87. The molecule has 1 aliphatic heterocycles. The van der Waals surface area contributed by atoms with E-state index in [0.717, 1.165) is 13.1 Å². The molecule has 0 saturated carbocycles. The van der Waals surface area contributed by atoms with Crippen molar-refractivity contribution in [2.45, 2.75) is 4.90 Å². The van der Waals surface area contributed by atoms with E-state index >= 15 is 0 Å². The van der Waals surface area contributed by atoms with Crippen LogP contribution in [0.3, 0.4) is 0 Å². The highest BCUT2D eigenvalue weighted by Gasteiger charge is 2.18. The van der Waals surface area contributed by atoms with Crippen LogP contribution in [0.25, 0.3) is 0 Å². The van der Waals surface area contributed by atoms with Crippen molar-refractivity contribution in [1.82, 2.24) is 10.6 Å². The zero-order valence-corrected chi connectivity index (χ0v) is 16.4. The summed E-state index contributed by atoms with van der Waals surface area (Å²) in [6, 6.07) is 12.4. The van der Waals surface area contributed by atoms with E-state index in [1.165, 1.54) is 24.3 Å². The minimum absolute atomic E-state index is 0. The van der Waals surface area contributed by atoms with Crippen LogP contribution in [0, 0.1) is 5.92 Å². The Morgan fingerprint density at radius 1 is 1.11 bits per heavy atom. The first-order valence-electron chi connectivity index (χ1n) is 8.24. The number of rotatable bonds is 7. The molecule has 3 N–H and O–H groups in total. The lowest BCUT2D eigenvalue weighted by Gasteiger charge is -2.27. The smallest absolute Gasteiger partial charge is 0.261 e. The SMILES string of the molecule is COc1ccc(NS(=O)(=O)c2ccc(C(=O)NCC3CNC3)cc2)cc1.Cl. The number of ether oxygens (including phenoxy) is 1. The summed E-state index contributed by atoms with van der Waals surface area (Å²) in [5, 5.41) is 6.00. The van der Waals surface area contributed by atoms with E-state index < -0.39 is 10.0 Å². The molecule has 1 saturated heterocycles. The van der Waals surface area contributed by atoms with Crippen molar-refractivity contribution < 1.29 is 17.9 Å². The zero-order valence-electron chi connectivity index (χ0n) is 14.8. The Morgan fingerprint density at radius 3 is 2.26 bits per heavy atom. The molecule has 0 bridgehead atoms. The second kappa shape index (κ2) is 9.07. The number of benzene rings is 2. The lowest BCUT2D eigenvalue weighted by molar-refractivity contribution is 0.0942. The van der Waals surface area contributed by atoms with Gasteiger partial charge in [-0.3, -0.25) is 9.52 Å². The first kappa shape index (κ1) is 21.0. The molecule has 7 nitrogen and oxygen atoms in total. The number of hydrogen-bond donors (Lipinski definition) is 3. The number of carbonyl (C=O) groups is 1. The van der Waals surface area contributed by atoms with Gasteiger partial charge in [0.15, 0.2) is 0 Å². The number of nitrogens with one attached hydrogen (secondary N) is 3. The van der Waals surface area contributed by atoms with Crippen LogP contribution in [0.5, 0.6) is 5.75 Å². The first-order valence-corrected chi connectivity index (χ1v) is 9.72. The first-order chi connectivity index (χ1) is 12.5. The molecule has 0 atom stereocenters. The van der Waals surface area contributed by atoms with E-state index in [1.807, 2.05) is 0 Å². The lowest BCUT2D eigenvalue weighted by Crippen LogP contribution is -2.48. The molecule has 9 heteroatoms. The highest BCUT2D eigenvalue weighted by molar-refractivity contribution is 7.92. The molecule has 1 heterocycles. The average molecular weight is 412 g/mol. The minimum atomic E-state index is -3.73. The monoisotopic (exact) mass is 411 g/mol. The van der Waals surface area contributed by atoms with Crippen LogP contribution in [0.15, 0.2) is 53.4 Å². The van der Waals surface area contributed by atoms with Crippen LogP contribution in [-0.2, 0) is 10.0 Å². The number of methoxy groups -OCH3 is 1. The molecule has 1 fully saturated rings. The van der Waals surface area contributed by atoms with Gasteiger partial charge >= 0.3 is 0 Å². The van der Waals surface area contributed by atoms with Gasteiger partial charge in [0, 0.05) is 36.8 Å². The molecule has 1 amide bonds. The van der Waals surface area contributed by atoms with Crippen LogP contribution in [0.2, 0.25) is 0 Å². The van der Waals surface area contributed by atoms with Gasteiger partial charge in [-0.05, 0) is 48.5 Å². The van der Waals surface area contributed by atoms with E-state index in [2.05, 4.69) is 15.4 Å². The number of sulfonamides is 1. The summed E-state index contributed by atoms with van der Waals surface area (Å²) < 4.78 is 32.4. The van der Waals surface area contributed by atoms with E-state index in [-0.39, 0.29) is 23.2 Å². The van der Waals surface area contributed by atoms with Gasteiger partial charge in [-0.25, -0.2) is 8.42 Å². The molecule has 146 valence electrons. The van der Waals surface area contributed by atoms with Gasteiger partial charge in [-0.1, -0.05) is 0 Å². The van der Waals surface area contributed by atoms with E-state index in [0.29, 0.717) is 29.5 Å². The van der Waals surface area contributed by atoms with Crippen molar-refractivity contribution in [1.29, 1.82) is 0 Å². The summed E-state index contributed by atoms with van der Waals surface area (Å²) in [5.74, 6) is 0.900. The number of hydrogen-bond acceptors (Lipinski definition) is 5. The van der Waals surface area contributed by atoms with Crippen molar-refractivity contribution in [3.8, 4) is 5.75 Å². The maximum Gasteiger partial charge on any atom is 0.261 e. The van der Waals surface area contributed by atoms with Crippen LogP contribution in [-0.4, -0.2) is 41.1 Å². The summed E-state index contributed by atoms with van der Waals surface area (Å²) in [6.45, 7) is 2.44. The van der Waals surface area contributed by atoms with Crippen LogP contribution >= 0.6 is 12.4 Å². The highest BCUT2D eigenvalue weighted by atomic mass is 35.5. The van der Waals surface area contributed by atoms with Gasteiger partial charge < -0.3 is 15.4 Å². The Morgan fingerprint density at radius 2 is 1.74 bits per heavy atom.